The summed E-state index contributed by atoms with van der Waals surface area (Å²) in [7, 11) is -4.83. The van der Waals surface area contributed by atoms with E-state index in [0.717, 1.165) is 69.8 Å². The molecule has 0 aromatic carbocycles. The largest absolute Gasteiger partial charge is 0.397 e. The first kappa shape index (κ1) is 51.6. The molecule has 13 heteroatoms. The third-order valence-corrected chi connectivity index (χ3v) is 24.6. The van der Waals surface area contributed by atoms with Gasteiger partial charge in [-0.3, -0.25) is 4.55 Å². The van der Waals surface area contributed by atoms with Gasteiger partial charge in [0.15, 0.2) is 5.79 Å². The molecule has 71 heavy (non-hydrogen) atoms. The summed E-state index contributed by atoms with van der Waals surface area (Å²) in [5.41, 5.74) is 4.16. The molecule has 5 saturated heterocycles. The van der Waals surface area contributed by atoms with E-state index >= 15 is 0 Å². The molecule has 0 amide bonds. The standard InChI is InChI=1S/C58H88O12S/c1-31(37-14-16-39-35-13-19-46-50(4,5)57(62)47(59)27-55(46,29-67-57)41(35)20-22-53(37,39)10)12-18-43-32(2)24-34(52(8,9)61)25-44(69-43)33(3)38-15-17-40-36-26-45(70-71(64,65)66)49-51(6,7)58(63)48(60)28-56(49,30-68-58)42(36)21-23-54(38,40)11/h19,31,33-34,37-40,43-45,47-49,59-63H,2,12-18,20-30H2,1,3-11H3,(H,64,65,66)/t31-,33+,34-,37-,38-,39+,40+,43+,44-,45+,47+,48+,49+,53-,54-,55+,56+,57+,58+/m1/s1. The van der Waals surface area contributed by atoms with Crippen molar-refractivity contribution in [1.29, 1.82) is 0 Å². The summed E-state index contributed by atoms with van der Waals surface area (Å²) in [5.74, 6) is -1.81. The highest BCUT2D eigenvalue weighted by Crippen LogP contribution is 2.73. The fourth-order valence-electron chi connectivity index (χ4n) is 20.5. The minimum Gasteiger partial charge on any atom is -0.390 e. The number of aliphatic hydroxyl groups is 5. The molecule has 6 N–H and O–H groups in total. The van der Waals surface area contributed by atoms with Gasteiger partial charge in [-0.2, -0.15) is 8.42 Å². The van der Waals surface area contributed by atoms with Crippen LogP contribution in [0.25, 0.3) is 0 Å². The van der Waals surface area contributed by atoms with Gasteiger partial charge >= 0.3 is 10.4 Å². The zero-order valence-electron chi connectivity index (χ0n) is 44.6. The Morgan fingerprint density at radius 1 is 0.845 bits per heavy atom. The summed E-state index contributed by atoms with van der Waals surface area (Å²) in [4.78, 5) is 0. The Balaban J connectivity index is 0.821. The van der Waals surface area contributed by atoms with E-state index < -0.39 is 68.0 Å². The van der Waals surface area contributed by atoms with Gasteiger partial charge < -0.3 is 39.7 Å². The lowest BCUT2D eigenvalue weighted by Crippen LogP contribution is -2.76. The number of rotatable bonds is 9. The highest BCUT2D eigenvalue weighted by Gasteiger charge is 2.75. The third kappa shape index (κ3) is 7.04. The van der Waals surface area contributed by atoms with E-state index in [1.165, 1.54) is 35.1 Å². The molecule has 5 heterocycles. The van der Waals surface area contributed by atoms with Crippen molar-refractivity contribution in [3.05, 3.63) is 46.1 Å². The molecule has 398 valence electrons. The average Bonchev–Trinajstić information content (AvgIpc) is 3.75. The number of ether oxygens (including phenoxy) is 3. The van der Waals surface area contributed by atoms with Gasteiger partial charge in [0.05, 0.1) is 37.1 Å². The second-order valence-corrected chi connectivity index (χ2v) is 29.1. The van der Waals surface area contributed by atoms with Crippen molar-refractivity contribution in [3.63, 3.8) is 0 Å². The van der Waals surface area contributed by atoms with Crippen molar-refractivity contribution in [2.24, 2.45) is 79.8 Å². The second kappa shape index (κ2) is 16.3. The van der Waals surface area contributed by atoms with Crippen molar-refractivity contribution < 1.29 is 56.9 Å². The molecule has 13 aliphatic rings. The summed E-state index contributed by atoms with van der Waals surface area (Å²) in [6.07, 6.45) is 12.7. The lowest BCUT2D eigenvalue weighted by molar-refractivity contribution is -0.408. The van der Waals surface area contributed by atoms with E-state index in [1.54, 1.807) is 5.57 Å². The van der Waals surface area contributed by atoms with E-state index in [9.17, 15) is 38.5 Å². The highest BCUT2D eigenvalue weighted by atomic mass is 32.3. The highest BCUT2D eigenvalue weighted by molar-refractivity contribution is 7.80. The van der Waals surface area contributed by atoms with Gasteiger partial charge in [-0.25, -0.2) is 4.18 Å². The number of allylic oxidation sites excluding steroid dienone is 2. The zero-order chi connectivity index (χ0) is 51.2. The Morgan fingerprint density at radius 3 is 2.11 bits per heavy atom. The molecule has 4 bridgehead atoms. The van der Waals surface area contributed by atoms with Crippen LogP contribution in [0.15, 0.2) is 46.1 Å². The topological polar surface area (TPSA) is 192 Å². The molecule has 0 aromatic rings. The fraction of sp³-hybridized carbons (Fsp3) is 0.862. The van der Waals surface area contributed by atoms with Gasteiger partial charge in [-0.1, -0.05) is 95.9 Å². The summed E-state index contributed by atoms with van der Waals surface area (Å²) in [5, 5.41) is 57.8. The average molecular weight is 1010 g/mol. The van der Waals surface area contributed by atoms with Crippen molar-refractivity contribution in [3.8, 4) is 0 Å². The smallest absolute Gasteiger partial charge is 0.390 e. The van der Waals surface area contributed by atoms with Crippen LogP contribution in [-0.4, -0.2) is 99.4 Å². The SMILES string of the molecule is C=C1C[C@@H](C(C)(C)O)C[C@H]([C@@H](C)[C@H]2CC[C@H]3C4=C(CC[C@]23C)[C@@]23CO[C@@](O)([C@@H](O)C2)C(C)(C)[C@@H]3[C@@H](OS(=O)(=O)O)C4)O[C@H]1CC[C@@H](C)[C@H]1CC[C@H]2C3=C(CC[C@]12C)[C@@]12CO[C@@](O)([C@@H](O)C1)C(C)(C)C2=CC3. The van der Waals surface area contributed by atoms with Gasteiger partial charge in [0.2, 0.25) is 5.79 Å². The molecule has 8 aliphatic carbocycles. The number of aliphatic hydroxyl groups excluding tert-OH is 2. The molecular weight excluding hydrogens is 921 g/mol. The van der Waals surface area contributed by atoms with E-state index in [4.69, 9.17) is 25.0 Å². The molecule has 0 unspecified atom stereocenters. The second-order valence-electron chi connectivity index (χ2n) is 28.1. The van der Waals surface area contributed by atoms with Crippen molar-refractivity contribution in [2.45, 2.75) is 220 Å². The zero-order valence-corrected chi connectivity index (χ0v) is 45.4. The molecule has 9 fully saturated rings. The van der Waals surface area contributed by atoms with Crippen LogP contribution in [0.4, 0.5) is 0 Å². The van der Waals surface area contributed by atoms with Crippen LogP contribution >= 0.6 is 0 Å². The van der Waals surface area contributed by atoms with E-state index in [2.05, 4.69) is 33.8 Å². The van der Waals surface area contributed by atoms with Gasteiger partial charge in [-0.05, 0) is 174 Å². The molecule has 12 nitrogen and oxygen atoms in total. The quantitative estimate of drug-likeness (QED) is 0.0949. The Morgan fingerprint density at radius 2 is 1.46 bits per heavy atom. The first-order valence-corrected chi connectivity index (χ1v) is 29.2. The van der Waals surface area contributed by atoms with Crippen molar-refractivity contribution >= 4 is 10.4 Å². The predicted molar refractivity (Wildman–Crippen MR) is 268 cm³/mol. The number of hydrogen-bond donors (Lipinski definition) is 6. The normalized spacial score (nSPS) is 49.5. The first-order chi connectivity index (χ1) is 32.9. The van der Waals surface area contributed by atoms with Crippen molar-refractivity contribution in [2.75, 3.05) is 13.2 Å². The van der Waals surface area contributed by atoms with E-state index in [-0.39, 0.29) is 65.2 Å². The van der Waals surface area contributed by atoms with E-state index in [1.807, 2.05) is 41.5 Å². The maximum Gasteiger partial charge on any atom is 0.397 e. The predicted octanol–water partition coefficient (Wildman–Crippen LogP) is 9.31. The molecule has 19 atom stereocenters. The maximum absolute atomic E-state index is 12.6. The van der Waals surface area contributed by atoms with Crippen LogP contribution in [0.5, 0.6) is 0 Å². The molecule has 13 rings (SSSR count). The summed E-state index contributed by atoms with van der Waals surface area (Å²) in [6, 6.07) is 0. The monoisotopic (exact) mass is 1010 g/mol. The fourth-order valence-corrected chi connectivity index (χ4v) is 20.9. The molecule has 5 aliphatic heterocycles. The van der Waals surface area contributed by atoms with Crippen LogP contribution in [0.1, 0.15) is 172 Å². The number of fused-ring (bicyclic) bond motifs is 8. The van der Waals surface area contributed by atoms with E-state index in [0.29, 0.717) is 43.6 Å². The van der Waals surface area contributed by atoms with Crippen LogP contribution in [0.2, 0.25) is 0 Å². The van der Waals surface area contributed by atoms with Crippen LogP contribution < -0.4 is 0 Å². The first-order valence-electron chi connectivity index (χ1n) is 27.9. The molecular formula is C58H88O12S. The minimum absolute atomic E-state index is 0.0164. The third-order valence-electron chi connectivity index (χ3n) is 24.1. The molecule has 2 spiro atoms. The molecule has 4 saturated carbocycles. The summed E-state index contributed by atoms with van der Waals surface area (Å²) >= 11 is 0. The van der Waals surface area contributed by atoms with Crippen LogP contribution in [0, 0.1) is 79.8 Å². The van der Waals surface area contributed by atoms with Gasteiger partial charge in [0.25, 0.3) is 0 Å². The van der Waals surface area contributed by atoms with Crippen LogP contribution in [0.3, 0.4) is 0 Å². The van der Waals surface area contributed by atoms with Crippen molar-refractivity contribution in [1.82, 2.24) is 0 Å². The van der Waals surface area contributed by atoms with Gasteiger partial charge in [-0.15, -0.1) is 0 Å². The summed E-state index contributed by atoms with van der Waals surface area (Å²) in [6.45, 7) is 26.7. The lowest BCUT2D eigenvalue weighted by Gasteiger charge is -2.69. The Bertz CT molecular complexity index is 2430. The molecule has 0 aromatic heterocycles. The van der Waals surface area contributed by atoms with Gasteiger partial charge in [0.1, 0.15) is 12.2 Å². The lowest BCUT2D eigenvalue weighted by atomic mass is 9.42. The Hall–Kier alpha value is -1.49. The molecule has 0 radical (unpaired) electrons. The Kier molecular flexibility index (Phi) is 11.8. The minimum atomic E-state index is -4.83. The Labute approximate surface area is 424 Å². The van der Waals surface area contributed by atoms with Crippen LogP contribution in [-0.2, 0) is 28.8 Å². The summed E-state index contributed by atoms with van der Waals surface area (Å²) < 4.78 is 60.8. The van der Waals surface area contributed by atoms with Gasteiger partial charge in [0, 0.05) is 27.6 Å². The number of hydrogen-bond acceptors (Lipinski definition) is 11. The maximum atomic E-state index is 12.6.